The Balaban J connectivity index is 1.50. The normalized spacial score (nSPS) is 14.0. The highest BCUT2D eigenvalue weighted by molar-refractivity contribution is 5.73. The molecule has 1 aromatic heterocycles. The Bertz CT molecular complexity index is 623. The topological polar surface area (TPSA) is 71.8 Å². The summed E-state index contributed by atoms with van der Waals surface area (Å²) < 4.78 is 2.14. The van der Waals surface area contributed by atoms with Crippen molar-refractivity contribution in [3.05, 3.63) is 47.5 Å². The number of nitrogens with zero attached hydrogens (tertiary/aromatic N) is 3. The Morgan fingerprint density at radius 1 is 1.05 bits per heavy atom. The van der Waals surface area contributed by atoms with Crippen LogP contribution in [0.4, 0.5) is 4.79 Å². The van der Waals surface area contributed by atoms with E-state index < -0.39 is 0 Å². The average Bonchev–Trinajstić information content (AvgIpc) is 2.78. The van der Waals surface area contributed by atoms with Gasteiger partial charge >= 0.3 is 6.03 Å². The molecule has 2 amide bonds. The summed E-state index contributed by atoms with van der Waals surface area (Å²) >= 11 is 0. The van der Waals surface area contributed by atoms with Crippen molar-refractivity contribution in [3.63, 3.8) is 0 Å². The summed E-state index contributed by atoms with van der Waals surface area (Å²) in [5.74, 6) is 1.88. The first-order chi connectivity index (χ1) is 10.8. The molecule has 1 aliphatic heterocycles. The lowest BCUT2D eigenvalue weighted by Crippen LogP contribution is -2.35. The quantitative estimate of drug-likeness (QED) is 0.907. The minimum atomic E-state index is -0.185. The van der Waals surface area contributed by atoms with Crippen LogP contribution in [0.2, 0.25) is 0 Å². The Morgan fingerprint density at radius 2 is 1.86 bits per heavy atom. The van der Waals surface area contributed by atoms with Gasteiger partial charge in [-0.3, -0.25) is 0 Å². The highest BCUT2D eigenvalue weighted by Gasteiger charge is 2.14. The molecule has 0 radical (unpaired) electrons. The molecule has 1 aliphatic rings. The van der Waals surface area contributed by atoms with Gasteiger partial charge in [0.25, 0.3) is 0 Å². The summed E-state index contributed by atoms with van der Waals surface area (Å²) in [5.41, 5.74) is 1.08. The van der Waals surface area contributed by atoms with E-state index in [1.807, 2.05) is 30.3 Å². The van der Waals surface area contributed by atoms with E-state index in [4.69, 9.17) is 0 Å². The summed E-state index contributed by atoms with van der Waals surface area (Å²) in [5, 5.41) is 14.1. The number of fused-ring (bicyclic) bond motifs is 1. The van der Waals surface area contributed by atoms with E-state index in [1.165, 1.54) is 12.8 Å². The molecule has 0 fully saturated rings. The van der Waals surface area contributed by atoms with Gasteiger partial charge in [-0.15, -0.1) is 10.2 Å². The Labute approximate surface area is 129 Å². The smallest absolute Gasteiger partial charge is 0.315 e. The zero-order valence-corrected chi connectivity index (χ0v) is 12.6. The van der Waals surface area contributed by atoms with E-state index in [0.717, 1.165) is 36.6 Å². The van der Waals surface area contributed by atoms with Crippen molar-refractivity contribution in [2.24, 2.45) is 0 Å². The van der Waals surface area contributed by atoms with Gasteiger partial charge in [0, 0.05) is 19.5 Å². The fourth-order valence-electron chi connectivity index (χ4n) is 2.68. The zero-order chi connectivity index (χ0) is 15.2. The molecule has 0 bridgehead atoms. The molecular formula is C16H21N5O. The van der Waals surface area contributed by atoms with Crippen LogP contribution in [0.25, 0.3) is 0 Å². The molecule has 2 heterocycles. The summed E-state index contributed by atoms with van der Waals surface area (Å²) in [6.07, 6.45) is 4.53. The van der Waals surface area contributed by atoms with Gasteiger partial charge in [0.15, 0.2) is 5.82 Å². The number of rotatable bonds is 4. The molecule has 6 nitrogen and oxygen atoms in total. The zero-order valence-electron chi connectivity index (χ0n) is 12.6. The molecule has 0 saturated heterocycles. The fourth-order valence-corrected chi connectivity index (χ4v) is 2.68. The number of amides is 2. The van der Waals surface area contributed by atoms with Gasteiger partial charge in [-0.05, 0) is 18.4 Å². The third-order valence-corrected chi connectivity index (χ3v) is 3.89. The molecule has 0 spiro atoms. The van der Waals surface area contributed by atoms with Crippen LogP contribution in [0.3, 0.4) is 0 Å². The number of nitrogens with one attached hydrogen (secondary N) is 2. The number of carbonyl (C=O) groups excluding carboxylic acids is 1. The van der Waals surface area contributed by atoms with Gasteiger partial charge in [0.1, 0.15) is 5.82 Å². The van der Waals surface area contributed by atoms with Crippen LogP contribution in [0, 0.1) is 0 Å². The number of carbonyl (C=O) groups is 1. The standard InChI is InChI=1S/C16H21N5O/c22-16(17-11-13-7-3-1-4-8-13)18-12-15-20-19-14-9-5-2-6-10-21(14)15/h1,3-4,7-8H,2,5-6,9-12H2,(H2,17,18,22). The second-order valence-electron chi connectivity index (χ2n) is 5.52. The maximum atomic E-state index is 11.9. The highest BCUT2D eigenvalue weighted by atomic mass is 16.2. The lowest BCUT2D eigenvalue weighted by Gasteiger charge is -2.09. The molecule has 2 aromatic rings. The van der Waals surface area contributed by atoms with Crippen molar-refractivity contribution in [2.75, 3.05) is 0 Å². The number of hydrogen-bond donors (Lipinski definition) is 2. The molecule has 22 heavy (non-hydrogen) atoms. The van der Waals surface area contributed by atoms with Gasteiger partial charge in [-0.1, -0.05) is 36.8 Å². The third-order valence-electron chi connectivity index (χ3n) is 3.89. The van der Waals surface area contributed by atoms with Crippen LogP contribution in [0.5, 0.6) is 0 Å². The fraction of sp³-hybridized carbons (Fsp3) is 0.438. The SMILES string of the molecule is O=C(NCc1ccccc1)NCc1nnc2n1CCCCC2. The van der Waals surface area contributed by atoms with E-state index in [9.17, 15) is 4.79 Å². The monoisotopic (exact) mass is 299 g/mol. The van der Waals surface area contributed by atoms with Crippen LogP contribution in [0.15, 0.2) is 30.3 Å². The Morgan fingerprint density at radius 3 is 2.73 bits per heavy atom. The number of urea groups is 1. The first-order valence-corrected chi connectivity index (χ1v) is 7.79. The first-order valence-electron chi connectivity index (χ1n) is 7.79. The summed E-state index contributed by atoms with van der Waals surface area (Å²) in [4.78, 5) is 11.9. The second-order valence-corrected chi connectivity index (χ2v) is 5.52. The number of benzene rings is 1. The van der Waals surface area contributed by atoms with Gasteiger partial charge in [0.05, 0.1) is 6.54 Å². The van der Waals surface area contributed by atoms with Gasteiger partial charge < -0.3 is 15.2 Å². The van der Waals surface area contributed by atoms with E-state index in [-0.39, 0.29) is 6.03 Å². The summed E-state index contributed by atoms with van der Waals surface area (Å²) in [6, 6.07) is 9.66. The third kappa shape index (κ3) is 3.63. The first kappa shape index (κ1) is 14.6. The summed E-state index contributed by atoms with van der Waals surface area (Å²) in [6.45, 7) is 1.88. The Hall–Kier alpha value is -2.37. The summed E-state index contributed by atoms with van der Waals surface area (Å²) in [7, 11) is 0. The molecule has 0 aliphatic carbocycles. The predicted octanol–water partition coefficient (Wildman–Crippen LogP) is 2.00. The van der Waals surface area contributed by atoms with Crippen LogP contribution < -0.4 is 10.6 Å². The van der Waals surface area contributed by atoms with Crippen molar-refractivity contribution < 1.29 is 4.79 Å². The molecule has 0 saturated carbocycles. The van der Waals surface area contributed by atoms with Crippen molar-refractivity contribution >= 4 is 6.03 Å². The molecule has 0 unspecified atom stereocenters. The van der Waals surface area contributed by atoms with Gasteiger partial charge in [-0.25, -0.2) is 4.79 Å². The van der Waals surface area contributed by atoms with E-state index >= 15 is 0 Å². The maximum Gasteiger partial charge on any atom is 0.315 e. The van der Waals surface area contributed by atoms with E-state index in [0.29, 0.717) is 13.1 Å². The lowest BCUT2D eigenvalue weighted by molar-refractivity contribution is 0.239. The second kappa shape index (κ2) is 7.06. The van der Waals surface area contributed by atoms with E-state index in [2.05, 4.69) is 25.4 Å². The number of aryl methyl sites for hydroxylation is 1. The molecule has 3 rings (SSSR count). The molecular weight excluding hydrogens is 278 g/mol. The minimum Gasteiger partial charge on any atom is -0.334 e. The molecule has 6 heteroatoms. The van der Waals surface area contributed by atoms with Crippen molar-refractivity contribution in [3.8, 4) is 0 Å². The van der Waals surface area contributed by atoms with Crippen molar-refractivity contribution in [1.29, 1.82) is 0 Å². The largest absolute Gasteiger partial charge is 0.334 e. The van der Waals surface area contributed by atoms with Crippen LogP contribution in [0.1, 0.15) is 36.5 Å². The maximum absolute atomic E-state index is 11.9. The minimum absolute atomic E-state index is 0.185. The number of hydrogen-bond acceptors (Lipinski definition) is 3. The highest BCUT2D eigenvalue weighted by Crippen LogP contribution is 2.14. The number of aromatic nitrogens is 3. The lowest BCUT2D eigenvalue weighted by atomic mass is 10.2. The molecule has 116 valence electrons. The molecule has 2 N–H and O–H groups in total. The van der Waals surface area contributed by atoms with Crippen molar-refractivity contribution in [2.45, 2.75) is 45.3 Å². The van der Waals surface area contributed by atoms with Gasteiger partial charge in [0.2, 0.25) is 0 Å². The van der Waals surface area contributed by atoms with Crippen LogP contribution >= 0.6 is 0 Å². The average molecular weight is 299 g/mol. The molecule has 1 aromatic carbocycles. The van der Waals surface area contributed by atoms with Crippen molar-refractivity contribution in [1.82, 2.24) is 25.4 Å². The predicted molar refractivity (Wildman–Crippen MR) is 83.1 cm³/mol. The molecule has 0 atom stereocenters. The van der Waals surface area contributed by atoms with Crippen LogP contribution in [-0.4, -0.2) is 20.8 Å². The Kier molecular flexibility index (Phi) is 4.68. The van der Waals surface area contributed by atoms with Crippen LogP contribution in [-0.2, 0) is 26.1 Å². The van der Waals surface area contributed by atoms with Gasteiger partial charge in [-0.2, -0.15) is 0 Å². The van der Waals surface area contributed by atoms with E-state index in [1.54, 1.807) is 0 Å².